The normalized spacial score (nSPS) is 13.9. The number of thiazole rings is 1. The van der Waals surface area contributed by atoms with E-state index in [-0.39, 0.29) is 16.4 Å². The van der Waals surface area contributed by atoms with Crippen molar-refractivity contribution in [2.75, 3.05) is 51.4 Å². The van der Waals surface area contributed by atoms with Gasteiger partial charge in [-0.1, -0.05) is 0 Å². The van der Waals surface area contributed by atoms with Crippen molar-refractivity contribution < 1.29 is 31.2 Å². The fourth-order valence-corrected chi connectivity index (χ4v) is 5.28. The van der Waals surface area contributed by atoms with Gasteiger partial charge in [0.1, 0.15) is 5.01 Å². The van der Waals surface area contributed by atoms with Crippen LogP contribution in [0.2, 0.25) is 0 Å². The Kier molecular flexibility index (Phi) is 9.38. The van der Waals surface area contributed by atoms with E-state index in [0.29, 0.717) is 42.4 Å². The van der Waals surface area contributed by atoms with Crippen molar-refractivity contribution in [1.29, 1.82) is 0 Å². The number of carbonyl (C=O) groups excluding carboxylic acids is 2. The lowest BCUT2D eigenvalue weighted by Gasteiger charge is -2.36. The number of amides is 2. The number of aromatic nitrogens is 1. The number of hydrogen-bond donors (Lipinski definition) is 0. The predicted octanol–water partition coefficient (Wildman–Crippen LogP) is 4.21. The Morgan fingerprint density at radius 1 is 1.05 bits per heavy atom. The van der Waals surface area contributed by atoms with E-state index in [9.17, 15) is 31.2 Å². The third-order valence-electron chi connectivity index (χ3n) is 5.84. The highest BCUT2D eigenvalue weighted by Crippen LogP contribution is 2.32. The summed E-state index contributed by atoms with van der Waals surface area (Å²) in [4.78, 5) is 32.4. The molecule has 1 aliphatic rings. The van der Waals surface area contributed by atoms with E-state index in [2.05, 4.69) is 4.98 Å². The van der Waals surface area contributed by atoms with Gasteiger partial charge in [-0.15, -0.1) is 11.3 Å². The second kappa shape index (κ2) is 12.2. The van der Waals surface area contributed by atoms with E-state index >= 15 is 0 Å². The quantitative estimate of drug-likeness (QED) is 0.419. The number of nitrogens with zero attached hydrogens (tertiary/aromatic N) is 4. The van der Waals surface area contributed by atoms with Crippen LogP contribution in [0.15, 0.2) is 52.7 Å². The average Bonchev–Trinajstić information content (AvgIpc) is 3.33. The number of hydrogen-bond acceptors (Lipinski definition) is 7. The number of anilines is 1. The van der Waals surface area contributed by atoms with Crippen LogP contribution >= 0.6 is 11.3 Å². The maximum Gasteiger partial charge on any atom is 0.416 e. The zero-order valence-electron chi connectivity index (χ0n) is 21.9. The monoisotopic (exact) mass is 582 g/mol. The van der Waals surface area contributed by atoms with Crippen molar-refractivity contribution in [1.82, 2.24) is 14.8 Å². The first-order valence-electron chi connectivity index (χ1n) is 11.8. The van der Waals surface area contributed by atoms with E-state index in [1.54, 1.807) is 25.1 Å². The number of halogens is 3. The third-order valence-corrected chi connectivity index (χ3v) is 7.94. The number of alkyl halides is 3. The first kappa shape index (κ1) is 30.1. The van der Waals surface area contributed by atoms with E-state index < -0.39 is 21.6 Å². The molecule has 4 rings (SSSR count). The summed E-state index contributed by atoms with van der Waals surface area (Å²) in [6.07, 6.45) is -2.55. The second-order valence-electron chi connectivity index (χ2n) is 9.17. The highest BCUT2D eigenvalue weighted by Gasteiger charge is 2.31. The minimum absolute atomic E-state index is 0.0521. The molecule has 13 heteroatoms. The van der Waals surface area contributed by atoms with Gasteiger partial charge in [0.15, 0.2) is 9.84 Å². The van der Waals surface area contributed by atoms with Gasteiger partial charge in [-0.2, -0.15) is 13.2 Å². The Bertz CT molecular complexity index is 1410. The molecule has 0 aliphatic carbocycles. The van der Waals surface area contributed by atoms with Crippen LogP contribution in [-0.4, -0.2) is 82.0 Å². The molecular formula is C26H29F3N4O4S2. The van der Waals surface area contributed by atoms with E-state index in [1.807, 2.05) is 17.2 Å². The predicted molar refractivity (Wildman–Crippen MR) is 145 cm³/mol. The van der Waals surface area contributed by atoms with Crippen LogP contribution in [0.1, 0.15) is 21.6 Å². The fourth-order valence-electron chi connectivity index (χ4n) is 3.79. The molecule has 0 spiro atoms. The molecule has 1 saturated heterocycles. The van der Waals surface area contributed by atoms with Gasteiger partial charge in [0.05, 0.1) is 16.0 Å². The highest BCUT2D eigenvalue weighted by atomic mass is 32.2. The molecule has 0 saturated carbocycles. The van der Waals surface area contributed by atoms with Crippen molar-refractivity contribution >= 4 is 39.2 Å². The summed E-state index contributed by atoms with van der Waals surface area (Å²) < 4.78 is 62.7. The van der Waals surface area contributed by atoms with Gasteiger partial charge in [-0.3, -0.25) is 9.59 Å². The van der Waals surface area contributed by atoms with Crippen LogP contribution in [0.25, 0.3) is 10.6 Å². The van der Waals surface area contributed by atoms with Gasteiger partial charge in [0, 0.05) is 68.9 Å². The molecule has 0 bridgehead atoms. The van der Waals surface area contributed by atoms with Crippen molar-refractivity contribution in [3.8, 4) is 10.6 Å². The average molecular weight is 583 g/mol. The summed E-state index contributed by atoms with van der Waals surface area (Å²) in [6, 6.07) is 9.43. The molecule has 0 unspecified atom stereocenters. The van der Waals surface area contributed by atoms with Crippen molar-refractivity contribution in [2.45, 2.75) is 18.0 Å². The molecule has 1 fully saturated rings. The van der Waals surface area contributed by atoms with Crippen LogP contribution in [-0.2, 0) is 20.8 Å². The zero-order chi connectivity index (χ0) is 29.0. The number of carbonyl (C=O) groups is 2. The van der Waals surface area contributed by atoms with Crippen molar-refractivity contribution in [3.63, 3.8) is 0 Å². The molecule has 0 N–H and O–H groups in total. The molecule has 2 aromatic carbocycles. The van der Waals surface area contributed by atoms with Crippen LogP contribution in [0.4, 0.5) is 18.9 Å². The fraction of sp³-hybridized carbons (Fsp3) is 0.346. The van der Waals surface area contributed by atoms with Gasteiger partial charge >= 0.3 is 6.18 Å². The minimum atomic E-state index is -4.39. The molecule has 2 amide bonds. The Morgan fingerprint density at radius 3 is 2.10 bits per heavy atom. The lowest BCUT2D eigenvalue weighted by atomic mass is 10.1. The SMILES string of the molecule is CN(C)C=O.Cc1csc(-c2ccc(S(C)(=O)=O)cc2C(=O)N2CCN(c3ccc(C(F)(F)F)cc3)CC2)n1. The Morgan fingerprint density at radius 2 is 1.64 bits per heavy atom. The van der Waals surface area contributed by atoms with Crippen LogP contribution in [0.5, 0.6) is 0 Å². The molecule has 8 nitrogen and oxygen atoms in total. The second-order valence-corrected chi connectivity index (χ2v) is 12.0. The topological polar surface area (TPSA) is 90.9 Å². The lowest BCUT2D eigenvalue weighted by Crippen LogP contribution is -2.49. The minimum Gasteiger partial charge on any atom is -0.368 e. The first-order valence-corrected chi connectivity index (χ1v) is 14.6. The molecule has 1 aliphatic heterocycles. The third kappa shape index (κ3) is 7.79. The molecule has 0 radical (unpaired) electrons. The van der Waals surface area contributed by atoms with Gasteiger partial charge in [-0.25, -0.2) is 13.4 Å². The summed E-state index contributed by atoms with van der Waals surface area (Å²) in [5.41, 5.74) is 1.58. The summed E-state index contributed by atoms with van der Waals surface area (Å²) >= 11 is 1.38. The molecule has 1 aromatic heterocycles. The number of rotatable bonds is 5. The molecule has 39 heavy (non-hydrogen) atoms. The zero-order valence-corrected chi connectivity index (χ0v) is 23.5. The standard InChI is InChI=1S/C23H22F3N3O3S2.C3H7NO/c1-15-14-33-21(27-15)19-8-7-18(34(2,31)32)13-20(19)22(30)29-11-9-28(10-12-29)17-5-3-16(4-6-17)23(24,25)26;1-4(2)3-5/h3-8,13-14H,9-12H2,1-2H3;3H,1-2H3. The number of sulfone groups is 1. The molecule has 210 valence electrons. The molecule has 0 atom stereocenters. The maximum absolute atomic E-state index is 13.4. The van der Waals surface area contributed by atoms with Crippen molar-refractivity contribution in [3.05, 3.63) is 64.7 Å². The molecule has 2 heterocycles. The Balaban J connectivity index is 0.000000771. The Labute approximate surface area is 229 Å². The molecule has 3 aromatic rings. The summed E-state index contributed by atoms with van der Waals surface area (Å²) in [7, 11) is -0.143. The smallest absolute Gasteiger partial charge is 0.368 e. The van der Waals surface area contributed by atoms with Crippen LogP contribution in [0, 0.1) is 6.92 Å². The maximum atomic E-state index is 13.4. The summed E-state index contributed by atoms with van der Waals surface area (Å²) in [6.45, 7) is 3.41. The first-order chi connectivity index (χ1) is 18.2. The number of aryl methyl sites for hydroxylation is 1. The van der Waals surface area contributed by atoms with Crippen molar-refractivity contribution in [2.24, 2.45) is 0 Å². The summed E-state index contributed by atoms with van der Waals surface area (Å²) in [5, 5.41) is 2.49. The van der Waals surface area contributed by atoms with Crippen LogP contribution < -0.4 is 4.90 Å². The van der Waals surface area contributed by atoms with Crippen LogP contribution in [0.3, 0.4) is 0 Å². The largest absolute Gasteiger partial charge is 0.416 e. The number of benzene rings is 2. The lowest BCUT2D eigenvalue weighted by molar-refractivity contribution is -0.137. The van der Waals surface area contributed by atoms with E-state index in [1.165, 1.54) is 40.5 Å². The van der Waals surface area contributed by atoms with E-state index in [4.69, 9.17) is 0 Å². The van der Waals surface area contributed by atoms with Gasteiger partial charge in [0.25, 0.3) is 5.91 Å². The van der Waals surface area contributed by atoms with E-state index in [0.717, 1.165) is 30.5 Å². The summed E-state index contributed by atoms with van der Waals surface area (Å²) in [5.74, 6) is -0.305. The van der Waals surface area contributed by atoms with Gasteiger partial charge in [0.2, 0.25) is 6.41 Å². The van der Waals surface area contributed by atoms with Gasteiger partial charge < -0.3 is 14.7 Å². The van der Waals surface area contributed by atoms with Gasteiger partial charge in [-0.05, 0) is 49.4 Å². The molecular weight excluding hydrogens is 553 g/mol. The Hall–Kier alpha value is -3.45. The highest BCUT2D eigenvalue weighted by molar-refractivity contribution is 7.90. The number of piperazine rings is 1.